The molecule has 0 radical (unpaired) electrons. The number of amides is 1. The predicted molar refractivity (Wildman–Crippen MR) is 71.2 cm³/mol. The van der Waals surface area contributed by atoms with Crippen LogP contribution in [0.1, 0.15) is 30.4 Å². The van der Waals surface area contributed by atoms with E-state index in [1.165, 1.54) is 0 Å². The molecule has 4 heteroatoms. The SMILES string of the molecule is N#Cc1ccc(CC(=O)NCC2CCC(O)C2)cc1. The molecule has 100 valence electrons. The Hall–Kier alpha value is -1.86. The standard InChI is InChI=1S/C15H18N2O2/c16-9-12-3-1-11(2-4-12)8-15(19)17-10-13-5-6-14(18)7-13/h1-4,13-14,18H,5-8,10H2,(H,17,19). The minimum atomic E-state index is -0.194. The lowest BCUT2D eigenvalue weighted by Crippen LogP contribution is -2.29. The maximum absolute atomic E-state index is 11.8. The first-order valence-electron chi connectivity index (χ1n) is 6.61. The van der Waals surface area contributed by atoms with Crippen molar-refractivity contribution >= 4 is 5.91 Å². The van der Waals surface area contributed by atoms with Crippen molar-refractivity contribution in [3.05, 3.63) is 35.4 Å². The van der Waals surface area contributed by atoms with E-state index in [2.05, 4.69) is 5.32 Å². The van der Waals surface area contributed by atoms with Gasteiger partial charge in [0.25, 0.3) is 0 Å². The molecule has 0 bridgehead atoms. The molecule has 1 amide bonds. The Morgan fingerprint density at radius 3 is 2.68 bits per heavy atom. The summed E-state index contributed by atoms with van der Waals surface area (Å²) in [5.74, 6) is 0.394. The molecule has 1 aliphatic carbocycles. The van der Waals surface area contributed by atoms with Gasteiger partial charge in [-0.1, -0.05) is 12.1 Å². The van der Waals surface area contributed by atoms with E-state index in [4.69, 9.17) is 5.26 Å². The molecule has 0 heterocycles. The highest BCUT2D eigenvalue weighted by atomic mass is 16.3. The van der Waals surface area contributed by atoms with Crippen molar-refractivity contribution in [3.63, 3.8) is 0 Å². The van der Waals surface area contributed by atoms with E-state index in [1.54, 1.807) is 24.3 Å². The second-order valence-corrected chi connectivity index (χ2v) is 5.12. The van der Waals surface area contributed by atoms with E-state index < -0.39 is 0 Å². The second kappa shape index (κ2) is 6.35. The number of rotatable bonds is 4. The summed E-state index contributed by atoms with van der Waals surface area (Å²) < 4.78 is 0. The van der Waals surface area contributed by atoms with Crippen LogP contribution in [0.15, 0.2) is 24.3 Å². The Balaban J connectivity index is 1.76. The summed E-state index contributed by atoms with van der Waals surface area (Å²) in [5, 5.41) is 21.0. The third-order valence-electron chi connectivity index (χ3n) is 3.55. The Morgan fingerprint density at radius 1 is 1.37 bits per heavy atom. The van der Waals surface area contributed by atoms with Crippen LogP contribution in [0, 0.1) is 17.2 Å². The minimum Gasteiger partial charge on any atom is -0.393 e. The van der Waals surface area contributed by atoms with E-state index in [0.717, 1.165) is 24.8 Å². The van der Waals surface area contributed by atoms with Crippen LogP contribution < -0.4 is 5.32 Å². The van der Waals surface area contributed by atoms with Gasteiger partial charge in [-0.25, -0.2) is 0 Å². The van der Waals surface area contributed by atoms with E-state index in [0.29, 0.717) is 24.4 Å². The molecular weight excluding hydrogens is 240 g/mol. The zero-order valence-corrected chi connectivity index (χ0v) is 10.8. The molecular formula is C15H18N2O2. The van der Waals surface area contributed by atoms with E-state index >= 15 is 0 Å². The van der Waals surface area contributed by atoms with E-state index in [-0.39, 0.29) is 12.0 Å². The lowest BCUT2D eigenvalue weighted by molar-refractivity contribution is -0.120. The zero-order valence-electron chi connectivity index (χ0n) is 10.8. The first-order valence-corrected chi connectivity index (χ1v) is 6.61. The molecule has 1 saturated carbocycles. The zero-order chi connectivity index (χ0) is 13.7. The number of carbonyl (C=O) groups excluding carboxylic acids is 1. The van der Waals surface area contributed by atoms with Crippen LogP contribution in [0.4, 0.5) is 0 Å². The van der Waals surface area contributed by atoms with Gasteiger partial charge in [-0.3, -0.25) is 4.79 Å². The lowest BCUT2D eigenvalue weighted by atomic mass is 10.1. The van der Waals surface area contributed by atoms with Gasteiger partial charge in [0.1, 0.15) is 0 Å². The number of benzene rings is 1. The Bertz CT molecular complexity index is 476. The van der Waals surface area contributed by atoms with Gasteiger partial charge in [0.2, 0.25) is 5.91 Å². The fourth-order valence-electron chi connectivity index (χ4n) is 2.44. The number of aliphatic hydroxyl groups excluding tert-OH is 1. The van der Waals surface area contributed by atoms with Gasteiger partial charge in [0.15, 0.2) is 0 Å². The number of aliphatic hydroxyl groups is 1. The largest absolute Gasteiger partial charge is 0.393 e. The highest BCUT2D eigenvalue weighted by molar-refractivity contribution is 5.78. The number of nitriles is 1. The van der Waals surface area contributed by atoms with Crippen molar-refractivity contribution in [1.29, 1.82) is 5.26 Å². The third-order valence-corrected chi connectivity index (χ3v) is 3.55. The molecule has 2 rings (SSSR count). The molecule has 1 aromatic rings. The van der Waals surface area contributed by atoms with Crippen LogP contribution in [-0.2, 0) is 11.2 Å². The third kappa shape index (κ3) is 4.08. The molecule has 0 aliphatic heterocycles. The molecule has 0 spiro atoms. The molecule has 1 fully saturated rings. The van der Waals surface area contributed by atoms with Crippen molar-refractivity contribution in [2.75, 3.05) is 6.54 Å². The van der Waals surface area contributed by atoms with Crippen LogP contribution in [0.5, 0.6) is 0 Å². The number of carbonyl (C=O) groups is 1. The Kier molecular flexibility index (Phi) is 4.53. The summed E-state index contributed by atoms with van der Waals surface area (Å²) in [6.07, 6.45) is 2.76. The van der Waals surface area contributed by atoms with E-state index in [9.17, 15) is 9.90 Å². The molecule has 1 aromatic carbocycles. The highest BCUT2D eigenvalue weighted by Crippen LogP contribution is 2.24. The number of hydrogen-bond donors (Lipinski definition) is 2. The number of nitrogens with one attached hydrogen (secondary N) is 1. The van der Waals surface area contributed by atoms with Crippen molar-refractivity contribution in [2.24, 2.45) is 5.92 Å². The van der Waals surface area contributed by atoms with Gasteiger partial charge in [-0.15, -0.1) is 0 Å². The summed E-state index contributed by atoms with van der Waals surface area (Å²) in [4.78, 5) is 11.8. The molecule has 1 aliphatic rings. The Morgan fingerprint density at radius 2 is 2.11 bits per heavy atom. The lowest BCUT2D eigenvalue weighted by Gasteiger charge is -2.10. The molecule has 4 nitrogen and oxygen atoms in total. The molecule has 0 aromatic heterocycles. The first kappa shape index (κ1) is 13.6. The monoisotopic (exact) mass is 258 g/mol. The van der Waals surface area contributed by atoms with E-state index in [1.807, 2.05) is 6.07 Å². The average Bonchev–Trinajstić information content (AvgIpc) is 2.83. The summed E-state index contributed by atoms with van der Waals surface area (Å²) in [6.45, 7) is 0.645. The van der Waals surface area contributed by atoms with Crippen LogP contribution >= 0.6 is 0 Å². The van der Waals surface area contributed by atoms with Crippen molar-refractivity contribution in [2.45, 2.75) is 31.8 Å². The molecule has 2 unspecified atom stereocenters. The maximum atomic E-state index is 11.8. The van der Waals surface area contributed by atoms with Gasteiger partial charge in [0, 0.05) is 6.54 Å². The quantitative estimate of drug-likeness (QED) is 0.857. The fraction of sp³-hybridized carbons (Fsp3) is 0.467. The van der Waals surface area contributed by atoms with Crippen LogP contribution in [-0.4, -0.2) is 23.7 Å². The smallest absolute Gasteiger partial charge is 0.224 e. The van der Waals surface area contributed by atoms with Crippen molar-refractivity contribution < 1.29 is 9.90 Å². The predicted octanol–water partition coefficient (Wildman–Crippen LogP) is 1.38. The summed E-state index contributed by atoms with van der Waals surface area (Å²) in [7, 11) is 0. The first-order chi connectivity index (χ1) is 9.17. The average molecular weight is 258 g/mol. The van der Waals surface area contributed by atoms with Gasteiger partial charge >= 0.3 is 0 Å². The summed E-state index contributed by atoms with van der Waals surface area (Å²) >= 11 is 0. The summed E-state index contributed by atoms with van der Waals surface area (Å²) in [5.41, 5.74) is 1.51. The molecule has 2 N–H and O–H groups in total. The Labute approximate surface area is 113 Å². The number of nitrogens with zero attached hydrogens (tertiary/aromatic N) is 1. The minimum absolute atomic E-state index is 0.00824. The molecule has 19 heavy (non-hydrogen) atoms. The number of hydrogen-bond acceptors (Lipinski definition) is 3. The van der Waals surface area contributed by atoms with Gasteiger partial charge in [-0.05, 0) is 42.9 Å². The van der Waals surface area contributed by atoms with Crippen molar-refractivity contribution in [1.82, 2.24) is 5.32 Å². The molecule has 2 atom stereocenters. The van der Waals surface area contributed by atoms with Crippen LogP contribution in [0.3, 0.4) is 0 Å². The normalized spacial score (nSPS) is 21.9. The summed E-state index contributed by atoms with van der Waals surface area (Å²) in [6, 6.07) is 9.09. The van der Waals surface area contributed by atoms with Gasteiger partial charge < -0.3 is 10.4 Å². The molecule has 0 saturated heterocycles. The van der Waals surface area contributed by atoms with Crippen LogP contribution in [0.2, 0.25) is 0 Å². The second-order valence-electron chi connectivity index (χ2n) is 5.12. The van der Waals surface area contributed by atoms with Crippen LogP contribution in [0.25, 0.3) is 0 Å². The van der Waals surface area contributed by atoms with Gasteiger partial charge in [-0.2, -0.15) is 5.26 Å². The van der Waals surface area contributed by atoms with Crippen molar-refractivity contribution in [3.8, 4) is 6.07 Å². The fourth-order valence-corrected chi connectivity index (χ4v) is 2.44. The highest BCUT2D eigenvalue weighted by Gasteiger charge is 2.22. The maximum Gasteiger partial charge on any atom is 0.224 e. The van der Waals surface area contributed by atoms with Gasteiger partial charge in [0.05, 0.1) is 24.2 Å². The topological polar surface area (TPSA) is 73.1 Å².